The highest BCUT2D eigenvalue weighted by atomic mass is 35.5. The van der Waals surface area contributed by atoms with Crippen LogP contribution < -0.4 is 10.2 Å². The predicted octanol–water partition coefficient (Wildman–Crippen LogP) is 4.99. The number of aromatic nitrogens is 2. The van der Waals surface area contributed by atoms with Gasteiger partial charge in [0.25, 0.3) is 16.8 Å². The molecule has 4 aromatic rings. The molecule has 2 heterocycles. The quantitative estimate of drug-likeness (QED) is 0.174. The first-order valence-electron chi connectivity index (χ1n) is 12.3. The molecule has 0 aliphatic carbocycles. The Morgan fingerprint density at radius 3 is 2.48 bits per heavy atom. The van der Waals surface area contributed by atoms with Gasteiger partial charge in [0, 0.05) is 55.2 Å². The lowest BCUT2D eigenvalue weighted by Gasteiger charge is -2.36. The van der Waals surface area contributed by atoms with Crippen LogP contribution in [0.5, 0.6) is 0 Å². The molecule has 0 saturated carbocycles. The summed E-state index contributed by atoms with van der Waals surface area (Å²) in [7, 11) is 0. The third-order valence-electron chi connectivity index (χ3n) is 6.22. The molecule has 1 aromatic heterocycles. The van der Waals surface area contributed by atoms with Crippen LogP contribution in [0, 0.1) is 10.1 Å². The van der Waals surface area contributed by atoms with E-state index in [2.05, 4.69) is 20.4 Å². The molecule has 0 spiro atoms. The standard InChI is InChI=1S/C27H23ClN6O5S/c28-23-7-2-1-6-22(23)26(36)33-14-12-32(13-15-33)20-10-8-19(9-11-20)29-24(35)17-40-27-31-30-25(39-27)18-4-3-5-21(16-18)34(37)38/h1-11,16H,12-15,17H2,(H,29,35). The van der Waals surface area contributed by atoms with E-state index in [4.69, 9.17) is 16.0 Å². The van der Waals surface area contributed by atoms with Crippen molar-refractivity contribution in [1.82, 2.24) is 15.1 Å². The molecule has 13 heteroatoms. The van der Waals surface area contributed by atoms with E-state index in [-0.39, 0.29) is 34.4 Å². The zero-order valence-electron chi connectivity index (χ0n) is 21.0. The molecule has 1 aliphatic heterocycles. The Hall–Kier alpha value is -4.42. The first-order valence-corrected chi connectivity index (χ1v) is 13.6. The smallest absolute Gasteiger partial charge is 0.277 e. The number of amides is 2. The molecule has 1 N–H and O–H groups in total. The minimum absolute atomic E-state index is 0.0414. The van der Waals surface area contributed by atoms with E-state index in [1.54, 1.807) is 35.2 Å². The van der Waals surface area contributed by atoms with Crippen LogP contribution in [0.15, 0.2) is 82.4 Å². The van der Waals surface area contributed by atoms with Gasteiger partial charge in [-0.3, -0.25) is 19.7 Å². The maximum absolute atomic E-state index is 12.8. The number of nitro groups is 1. The van der Waals surface area contributed by atoms with Gasteiger partial charge in [0.1, 0.15) is 0 Å². The SMILES string of the molecule is O=C(CSc1nnc(-c2cccc([N+](=O)[O-])c2)o1)Nc1ccc(N2CCN(C(=O)c3ccccc3Cl)CC2)cc1. The van der Waals surface area contributed by atoms with E-state index >= 15 is 0 Å². The minimum Gasteiger partial charge on any atom is -0.411 e. The van der Waals surface area contributed by atoms with Crippen molar-refractivity contribution in [3.05, 3.63) is 93.5 Å². The molecule has 11 nitrogen and oxygen atoms in total. The molecule has 1 aliphatic rings. The highest BCUT2D eigenvalue weighted by Crippen LogP contribution is 2.26. The molecule has 0 atom stereocenters. The number of nitrogens with one attached hydrogen (secondary N) is 1. The molecule has 0 bridgehead atoms. The van der Waals surface area contributed by atoms with Crippen molar-refractivity contribution in [3.63, 3.8) is 0 Å². The molecule has 1 saturated heterocycles. The Balaban J connectivity index is 1.10. The first-order chi connectivity index (χ1) is 19.4. The number of non-ortho nitro benzene ring substituents is 1. The first kappa shape index (κ1) is 27.2. The van der Waals surface area contributed by atoms with Gasteiger partial charge in [-0.15, -0.1) is 10.2 Å². The van der Waals surface area contributed by atoms with E-state index in [1.807, 2.05) is 24.3 Å². The summed E-state index contributed by atoms with van der Waals surface area (Å²) in [5, 5.41) is 22.3. The van der Waals surface area contributed by atoms with Gasteiger partial charge in [-0.2, -0.15) is 0 Å². The van der Waals surface area contributed by atoms with E-state index in [1.165, 1.54) is 18.2 Å². The van der Waals surface area contributed by atoms with Crippen molar-refractivity contribution in [1.29, 1.82) is 0 Å². The zero-order chi connectivity index (χ0) is 28.1. The second kappa shape index (κ2) is 12.2. The fourth-order valence-electron chi connectivity index (χ4n) is 4.19. The molecule has 204 valence electrons. The van der Waals surface area contributed by atoms with Crippen LogP contribution >= 0.6 is 23.4 Å². The van der Waals surface area contributed by atoms with Gasteiger partial charge in [-0.25, -0.2) is 0 Å². The number of nitro benzene ring substituents is 1. The van der Waals surface area contributed by atoms with Crippen LogP contribution in [0.2, 0.25) is 5.02 Å². The number of benzene rings is 3. The molecular weight excluding hydrogens is 556 g/mol. The Kier molecular flexibility index (Phi) is 8.27. The van der Waals surface area contributed by atoms with Crippen molar-refractivity contribution >= 4 is 52.2 Å². The summed E-state index contributed by atoms with van der Waals surface area (Å²) < 4.78 is 5.54. The van der Waals surface area contributed by atoms with Crippen molar-refractivity contribution in [2.45, 2.75) is 5.22 Å². The monoisotopic (exact) mass is 578 g/mol. The van der Waals surface area contributed by atoms with Crippen LogP contribution in [0.1, 0.15) is 10.4 Å². The van der Waals surface area contributed by atoms with Gasteiger partial charge < -0.3 is 19.5 Å². The van der Waals surface area contributed by atoms with Crippen LogP contribution in [0.4, 0.5) is 17.1 Å². The lowest BCUT2D eigenvalue weighted by atomic mass is 10.1. The lowest BCUT2D eigenvalue weighted by Crippen LogP contribution is -2.48. The average molecular weight is 579 g/mol. The summed E-state index contributed by atoms with van der Waals surface area (Å²) in [5.41, 5.74) is 2.49. The number of piperazine rings is 1. The Bertz CT molecular complexity index is 1540. The van der Waals surface area contributed by atoms with E-state index in [0.717, 1.165) is 17.4 Å². The number of hydrogen-bond acceptors (Lipinski definition) is 9. The summed E-state index contributed by atoms with van der Waals surface area (Å²) in [6.07, 6.45) is 0. The fraction of sp³-hybridized carbons (Fsp3) is 0.185. The summed E-state index contributed by atoms with van der Waals surface area (Å²) in [6, 6.07) is 20.5. The number of rotatable bonds is 8. The van der Waals surface area contributed by atoms with Gasteiger partial charge in [-0.05, 0) is 42.5 Å². The van der Waals surface area contributed by atoms with Crippen molar-refractivity contribution in [2.24, 2.45) is 0 Å². The van der Waals surface area contributed by atoms with Crippen LogP contribution in [0.25, 0.3) is 11.5 Å². The molecule has 0 unspecified atom stereocenters. The van der Waals surface area contributed by atoms with Gasteiger partial charge in [0.2, 0.25) is 11.8 Å². The molecule has 2 amide bonds. The van der Waals surface area contributed by atoms with Crippen molar-refractivity contribution < 1.29 is 18.9 Å². The predicted molar refractivity (Wildman–Crippen MR) is 152 cm³/mol. The van der Waals surface area contributed by atoms with E-state index < -0.39 is 4.92 Å². The number of carbonyl (C=O) groups is 2. The number of anilines is 2. The number of hydrogen-bond donors (Lipinski definition) is 1. The zero-order valence-corrected chi connectivity index (χ0v) is 22.6. The fourth-order valence-corrected chi connectivity index (χ4v) is 4.97. The third-order valence-corrected chi connectivity index (χ3v) is 7.37. The minimum atomic E-state index is -0.502. The molecule has 0 radical (unpaired) electrons. The summed E-state index contributed by atoms with van der Waals surface area (Å²) in [5.74, 6) is -0.141. The molecular formula is C27H23ClN6O5S. The Labute approximate surface area is 238 Å². The molecule has 40 heavy (non-hydrogen) atoms. The van der Waals surface area contributed by atoms with E-state index in [9.17, 15) is 19.7 Å². The van der Waals surface area contributed by atoms with E-state index in [0.29, 0.717) is 48.0 Å². The highest BCUT2D eigenvalue weighted by Gasteiger charge is 2.23. The van der Waals surface area contributed by atoms with Gasteiger partial charge in [0.15, 0.2) is 0 Å². The van der Waals surface area contributed by atoms with Gasteiger partial charge in [0.05, 0.1) is 21.3 Å². The maximum Gasteiger partial charge on any atom is 0.277 e. The second-order valence-corrected chi connectivity index (χ2v) is 10.2. The highest BCUT2D eigenvalue weighted by molar-refractivity contribution is 7.99. The number of halogens is 1. The van der Waals surface area contributed by atoms with Gasteiger partial charge >= 0.3 is 0 Å². The number of nitrogens with zero attached hydrogens (tertiary/aromatic N) is 5. The van der Waals surface area contributed by atoms with Crippen molar-refractivity contribution in [2.75, 3.05) is 42.1 Å². The normalized spacial score (nSPS) is 13.2. The summed E-state index contributed by atoms with van der Waals surface area (Å²) in [6.45, 7) is 2.53. The third kappa shape index (κ3) is 6.41. The average Bonchev–Trinajstić information content (AvgIpc) is 3.46. The van der Waals surface area contributed by atoms with Crippen molar-refractivity contribution in [3.8, 4) is 11.5 Å². The summed E-state index contributed by atoms with van der Waals surface area (Å²) in [4.78, 5) is 39.7. The largest absolute Gasteiger partial charge is 0.411 e. The van der Waals surface area contributed by atoms with Gasteiger partial charge in [-0.1, -0.05) is 41.6 Å². The second-order valence-electron chi connectivity index (χ2n) is 8.82. The maximum atomic E-state index is 12.8. The molecule has 3 aromatic carbocycles. The topological polar surface area (TPSA) is 135 Å². The van der Waals surface area contributed by atoms with Crippen LogP contribution in [-0.4, -0.2) is 63.8 Å². The molecule has 5 rings (SSSR count). The Morgan fingerprint density at radius 1 is 1.00 bits per heavy atom. The van der Waals surface area contributed by atoms with Crippen LogP contribution in [0.3, 0.4) is 0 Å². The Morgan fingerprint density at radius 2 is 1.75 bits per heavy atom. The van der Waals surface area contributed by atoms with Crippen LogP contribution in [-0.2, 0) is 4.79 Å². The number of carbonyl (C=O) groups excluding carboxylic acids is 2. The number of thioether (sulfide) groups is 1. The summed E-state index contributed by atoms with van der Waals surface area (Å²) >= 11 is 7.25. The lowest BCUT2D eigenvalue weighted by molar-refractivity contribution is -0.384. The molecule has 1 fully saturated rings.